The molecule has 1 aromatic carbocycles. The van der Waals surface area contributed by atoms with Crippen LogP contribution in [-0.2, 0) is 0 Å². The van der Waals surface area contributed by atoms with Gasteiger partial charge in [-0.1, -0.05) is 6.07 Å². The van der Waals surface area contributed by atoms with Gasteiger partial charge in [-0.25, -0.2) is 9.37 Å². The van der Waals surface area contributed by atoms with Crippen molar-refractivity contribution >= 4 is 11.0 Å². The van der Waals surface area contributed by atoms with Crippen LogP contribution in [0.15, 0.2) is 36.7 Å². The molecule has 0 radical (unpaired) electrons. The molecule has 0 amide bonds. The highest BCUT2D eigenvalue weighted by atomic mass is 19.1. The Hall–Kier alpha value is -2.43. The highest BCUT2D eigenvalue weighted by molar-refractivity contribution is 5.79. The van der Waals surface area contributed by atoms with E-state index in [0.717, 1.165) is 0 Å². The molecule has 0 aliphatic rings. The predicted octanol–water partition coefficient (Wildman–Crippen LogP) is 2.47. The van der Waals surface area contributed by atoms with E-state index in [9.17, 15) is 9.50 Å². The van der Waals surface area contributed by atoms with Crippen LogP contribution < -0.4 is 0 Å². The van der Waals surface area contributed by atoms with Gasteiger partial charge in [-0.05, 0) is 18.2 Å². The monoisotopic (exact) mass is 229 g/mol. The Labute approximate surface area is 95.8 Å². The van der Waals surface area contributed by atoms with Crippen LogP contribution in [0.5, 0.6) is 5.75 Å². The zero-order valence-corrected chi connectivity index (χ0v) is 8.68. The standard InChI is InChI=1S/C12H8FN3O/c13-7-2-1-3-10(17)11(7)12-15-8-4-5-14-6-9(8)16-12/h1-6,17H,(H,15,16). The number of pyridine rings is 1. The number of benzene rings is 1. The highest BCUT2D eigenvalue weighted by Crippen LogP contribution is 2.30. The van der Waals surface area contributed by atoms with Gasteiger partial charge >= 0.3 is 0 Å². The van der Waals surface area contributed by atoms with Crippen LogP contribution in [0.3, 0.4) is 0 Å². The second-order valence-electron chi connectivity index (χ2n) is 3.61. The summed E-state index contributed by atoms with van der Waals surface area (Å²) in [5, 5.41) is 9.65. The van der Waals surface area contributed by atoms with Crippen molar-refractivity contribution in [3.05, 3.63) is 42.5 Å². The molecule has 4 nitrogen and oxygen atoms in total. The maximum Gasteiger partial charge on any atom is 0.145 e. The van der Waals surface area contributed by atoms with Crippen molar-refractivity contribution in [1.82, 2.24) is 15.0 Å². The lowest BCUT2D eigenvalue weighted by Gasteiger charge is -2.01. The molecule has 2 N–H and O–H groups in total. The second kappa shape index (κ2) is 3.55. The quantitative estimate of drug-likeness (QED) is 0.673. The summed E-state index contributed by atoms with van der Waals surface area (Å²) in [4.78, 5) is 11.1. The van der Waals surface area contributed by atoms with Crippen LogP contribution in [0.2, 0.25) is 0 Å². The van der Waals surface area contributed by atoms with Crippen LogP contribution in [0.25, 0.3) is 22.4 Å². The molecule has 0 fully saturated rings. The normalized spacial score (nSPS) is 10.9. The maximum atomic E-state index is 13.6. The first kappa shape index (κ1) is 9.77. The molecule has 0 saturated carbocycles. The first-order chi connectivity index (χ1) is 8.25. The minimum Gasteiger partial charge on any atom is -0.507 e. The summed E-state index contributed by atoms with van der Waals surface area (Å²) in [7, 11) is 0. The molecule has 0 spiro atoms. The van der Waals surface area contributed by atoms with E-state index >= 15 is 0 Å². The summed E-state index contributed by atoms with van der Waals surface area (Å²) >= 11 is 0. The summed E-state index contributed by atoms with van der Waals surface area (Å²) in [5.41, 5.74) is 1.45. The van der Waals surface area contributed by atoms with Crippen molar-refractivity contribution in [3.63, 3.8) is 0 Å². The molecule has 0 bridgehead atoms. The lowest BCUT2D eigenvalue weighted by molar-refractivity contribution is 0.471. The Kier molecular flexibility index (Phi) is 2.04. The molecule has 0 aliphatic carbocycles. The number of aromatic amines is 1. The number of hydrogen-bond acceptors (Lipinski definition) is 3. The molecular formula is C12H8FN3O. The lowest BCUT2D eigenvalue weighted by Crippen LogP contribution is -1.86. The molecule has 5 heteroatoms. The van der Waals surface area contributed by atoms with Crippen molar-refractivity contribution in [2.24, 2.45) is 0 Å². The number of halogens is 1. The third-order valence-corrected chi connectivity index (χ3v) is 2.51. The van der Waals surface area contributed by atoms with E-state index in [0.29, 0.717) is 16.9 Å². The van der Waals surface area contributed by atoms with Crippen molar-refractivity contribution in [3.8, 4) is 17.1 Å². The molecule has 3 aromatic rings. The van der Waals surface area contributed by atoms with E-state index in [1.54, 1.807) is 18.5 Å². The van der Waals surface area contributed by atoms with Crippen LogP contribution in [0.4, 0.5) is 4.39 Å². The highest BCUT2D eigenvalue weighted by Gasteiger charge is 2.14. The van der Waals surface area contributed by atoms with Gasteiger partial charge < -0.3 is 10.1 Å². The predicted molar refractivity (Wildman–Crippen MR) is 60.9 cm³/mol. The molecule has 2 heterocycles. The fraction of sp³-hybridized carbons (Fsp3) is 0. The number of nitrogens with zero attached hydrogens (tertiary/aromatic N) is 2. The first-order valence-corrected chi connectivity index (χ1v) is 5.03. The number of phenolic OH excluding ortho intramolecular Hbond substituents is 1. The molecule has 2 aromatic heterocycles. The Balaban J connectivity index is 2.27. The summed E-state index contributed by atoms with van der Waals surface area (Å²) < 4.78 is 13.6. The Morgan fingerprint density at radius 1 is 1.24 bits per heavy atom. The van der Waals surface area contributed by atoms with Gasteiger partial charge in [-0.2, -0.15) is 0 Å². The Morgan fingerprint density at radius 2 is 2.12 bits per heavy atom. The van der Waals surface area contributed by atoms with Gasteiger partial charge in [-0.15, -0.1) is 0 Å². The maximum absolute atomic E-state index is 13.6. The van der Waals surface area contributed by atoms with Gasteiger partial charge in [0.05, 0.1) is 22.8 Å². The zero-order chi connectivity index (χ0) is 11.8. The summed E-state index contributed by atoms with van der Waals surface area (Å²) in [6.45, 7) is 0. The zero-order valence-electron chi connectivity index (χ0n) is 8.68. The fourth-order valence-electron chi connectivity index (χ4n) is 1.72. The van der Waals surface area contributed by atoms with E-state index in [1.165, 1.54) is 18.2 Å². The number of aromatic hydroxyl groups is 1. The van der Waals surface area contributed by atoms with Crippen molar-refractivity contribution in [1.29, 1.82) is 0 Å². The largest absolute Gasteiger partial charge is 0.507 e. The molecule has 0 saturated heterocycles. The van der Waals surface area contributed by atoms with Crippen LogP contribution in [-0.4, -0.2) is 20.1 Å². The number of phenols is 1. The average molecular weight is 229 g/mol. The smallest absolute Gasteiger partial charge is 0.145 e. The average Bonchev–Trinajstić information content (AvgIpc) is 2.71. The number of imidazole rings is 1. The van der Waals surface area contributed by atoms with Crippen molar-refractivity contribution in [2.75, 3.05) is 0 Å². The number of nitrogens with one attached hydrogen (secondary N) is 1. The molecule has 0 aliphatic heterocycles. The molecule has 84 valence electrons. The van der Waals surface area contributed by atoms with E-state index in [2.05, 4.69) is 15.0 Å². The van der Waals surface area contributed by atoms with Gasteiger partial charge in [-0.3, -0.25) is 4.98 Å². The van der Waals surface area contributed by atoms with E-state index < -0.39 is 5.82 Å². The fourth-order valence-corrected chi connectivity index (χ4v) is 1.72. The van der Waals surface area contributed by atoms with Crippen molar-refractivity contribution in [2.45, 2.75) is 0 Å². The number of aromatic nitrogens is 3. The Bertz CT molecular complexity index is 640. The minimum atomic E-state index is -0.517. The first-order valence-electron chi connectivity index (χ1n) is 5.03. The lowest BCUT2D eigenvalue weighted by atomic mass is 10.2. The van der Waals surface area contributed by atoms with Gasteiger partial charge in [0.2, 0.25) is 0 Å². The molecule has 17 heavy (non-hydrogen) atoms. The second-order valence-corrected chi connectivity index (χ2v) is 3.61. The molecular weight excluding hydrogens is 221 g/mol. The van der Waals surface area contributed by atoms with E-state index in [-0.39, 0.29) is 11.3 Å². The van der Waals surface area contributed by atoms with Gasteiger partial charge in [0.1, 0.15) is 17.4 Å². The summed E-state index contributed by atoms with van der Waals surface area (Å²) in [6.07, 6.45) is 3.21. The van der Waals surface area contributed by atoms with Gasteiger partial charge in [0.15, 0.2) is 0 Å². The van der Waals surface area contributed by atoms with E-state index in [1.807, 2.05) is 0 Å². The van der Waals surface area contributed by atoms with Crippen LogP contribution in [0.1, 0.15) is 0 Å². The third-order valence-electron chi connectivity index (χ3n) is 2.51. The molecule has 3 rings (SSSR count). The number of hydrogen-bond donors (Lipinski definition) is 2. The number of H-pyrrole nitrogens is 1. The molecule has 0 atom stereocenters. The summed E-state index contributed by atoms with van der Waals surface area (Å²) in [5.74, 6) is -0.363. The van der Waals surface area contributed by atoms with Crippen molar-refractivity contribution < 1.29 is 9.50 Å². The topological polar surface area (TPSA) is 61.8 Å². The third kappa shape index (κ3) is 1.52. The SMILES string of the molecule is Oc1cccc(F)c1-c1nc2ccncc2[nH]1. The number of rotatable bonds is 1. The Morgan fingerprint density at radius 3 is 2.88 bits per heavy atom. The van der Waals surface area contributed by atoms with E-state index in [4.69, 9.17) is 0 Å². The van der Waals surface area contributed by atoms with Crippen LogP contribution >= 0.6 is 0 Å². The minimum absolute atomic E-state index is 0.0729. The molecule has 0 unspecified atom stereocenters. The van der Waals surface area contributed by atoms with Crippen LogP contribution in [0, 0.1) is 5.82 Å². The number of fused-ring (bicyclic) bond motifs is 1. The summed E-state index contributed by atoms with van der Waals surface area (Å²) in [6, 6.07) is 5.86. The van der Waals surface area contributed by atoms with Gasteiger partial charge in [0, 0.05) is 6.20 Å². The van der Waals surface area contributed by atoms with Gasteiger partial charge in [0.25, 0.3) is 0 Å².